The summed E-state index contributed by atoms with van der Waals surface area (Å²) in [6, 6.07) is 13.2. The van der Waals surface area contributed by atoms with Crippen LogP contribution in [0.15, 0.2) is 48.5 Å². The minimum Gasteiger partial charge on any atom is -0.484 e. The summed E-state index contributed by atoms with van der Waals surface area (Å²) >= 11 is 0. The molecule has 4 heteroatoms. The second-order valence-electron chi connectivity index (χ2n) is 4.93. The summed E-state index contributed by atoms with van der Waals surface area (Å²) in [4.78, 5) is 0. The maximum atomic E-state index is 14.0. The third-order valence-electron chi connectivity index (χ3n) is 3.44. The first kappa shape index (κ1) is 15.5. The summed E-state index contributed by atoms with van der Waals surface area (Å²) in [5, 5.41) is 9.04. The molecule has 2 rings (SSSR count). The number of aliphatic hydroxyl groups is 1. The van der Waals surface area contributed by atoms with Gasteiger partial charge in [-0.25, -0.2) is 4.39 Å². The molecule has 0 radical (unpaired) electrons. The molecule has 0 spiro atoms. The Morgan fingerprint density at radius 3 is 2.38 bits per heavy atom. The topological polar surface area (TPSA) is 55.5 Å². The Labute approximate surface area is 124 Å². The minimum atomic E-state index is -0.545. The van der Waals surface area contributed by atoms with Gasteiger partial charge in [-0.05, 0) is 30.2 Å². The average Bonchev–Trinajstić information content (AvgIpc) is 2.53. The predicted molar refractivity (Wildman–Crippen MR) is 80.4 cm³/mol. The molecule has 0 saturated carbocycles. The van der Waals surface area contributed by atoms with Crippen LogP contribution in [0.1, 0.15) is 30.6 Å². The van der Waals surface area contributed by atoms with Crippen molar-refractivity contribution in [3.05, 3.63) is 65.5 Å². The van der Waals surface area contributed by atoms with Crippen molar-refractivity contribution in [2.75, 3.05) is 0 Å². The maximum absolute atomic E-state index is 14.0. The van der Waals surface area contributed by atoms with E-state index in [2.05, 4.69) is 0 Å². The van der Waals surface area contributed by atoms with Crippen LogP contribution in [0.3, 0.4) is 0 Å². The van der Waals surface area contributed by atoms with Crippen LogP contribution in [0.5, 0.6) is 5.75 Å². The van der Waals surface area contributed by atoms with Crippen molar-refractivity contribution in [3.8, 4) is 5.75 Å². The molecule has 2 aromatic rings. The lowest BCUT2D eigenvalue weighted by Gasteiger charge is -2.25. The molecule has 0 heterocycles. The van der Waals surface area contributed by atoms with Gasteiger partial charge in [0, 0.05) is 11.6 Å². The van der Waals surface area contributed by atoms with E-state index in [1.54, 1.807) is 42.5 Å². The Morgan fingerprint density at radius 1 is 1.14 bits per heavy atom. The third kappa shape index (κ3) is 3.80. The first-order chi connectivity index (χ1) is 10.2. The number of aliphatic hydroxyl groups excluding tert-OH is 1. The highest BCUT2D eigenvalue weighted by atomic mass is 19.1. The van der Waals surface area contributed by atoms with Crippen LogP contribution in [0.2, 0.25) is 0 Å². The zero-order chi connectivity index (χ0) is 15.2. The molecule has 0 saturated heterocycles. The predicted octanol–water partition coefficient (Wildman–Crippen LogP) is 3.18. The Balaban J connectivity index is 2.26. The van der Waals surface area contributed by atoms with Gasteiger partial charge in [-0.1, -0.05) is 37.3 Å². The van der Waals surface area contributed by atoms with Crippen LogP contribution in [0.4, 0.5) is 4.39 Å². The molecule has 2 aromatic carbocycles. The molecule has 0 amide bonds. The number of rotatable bonds is 6. The minimum absolute atomic E-state index is 0.0223. The molecule has 3 nitrogen and oxygen atoms in total. The van der Waals surface area contributed by atoms with Gasteiger partial charge in [0.05, 0.1) is 6.61 Å². The quantitative estimate of drug-likeness (QED) is 0.858. The fourth-order valence-corrected chi connectivity index (χ4v) is 2.12. The Kier molecular flexibility index (Phi) is 5.31. The standard InChI is InChI=1S/C17H20FNO2/c1-2-16(19)17(14-5-3-4-6-15(14)18)21-13-9-7-12(11-20)8-10-13/h3-10,16-17,20H,2,11,19H2,1H3. The van der Waals surface area contributed by atoms with Crippen molar-refractivity contribution in [1.29, 1.82) is 0 Å². The lowest BCUT2D eigenvalue weighted by Crippen LogP contribution is -2.32. The zero-order valence-electron chi connectivity index (χ0n) is 12.0. The summed E-state index contributed by atoms with van der Waals surface area (Å²) in [5.74, 6) is 0.280. The monoisotopic (exact) mass is 289 g/mol. The number of hydrogen-bond donors (Lipinski definition) is 2. The van der Waals surface area contributed by atoms with Crippen LogP contribution in [-0.2, 0) is 6.61 Å². The first-order valence-electron chi connectivity index (χ1n) is 7.02. The SMILES string of the molecule is CCC(N)C(Oc1ccc(CO)cc1)c1ccccc1F. The highest BCUT2D eigenvalue weighted by molar-refractivity contribution is 5.29. The van der Waals surface area contributed by atoms with Gasteiger partial charge in [-0.2, -0.15) is 0 Å². The van der Waals surface area contributed by atoms with E-state index in [-0.39, 0.29) is 18.5 Å². The largest absolute Gasteiger partial charge is 0.484 e. The number of nitrogens with two attached hydrogens (primary N) is 1. The molecule has 0 bridgehead atoms. The van der Waals surface area contributed by atoms with E-state index in [1.165, 1.54) is 6.07 Å². The number of benzene rings is 2. The molecule has 2 atom stereocenters. The average molecular weight is 289 g/mol. The summed E-state index contributed by atoms with van der Waals surface area (Å²) in [6.07, 6.45) is 0.129. The second-order valence-corrected chi connectivity index (χ2v) is 4.93. The first-order valence-corrected chi connectivity index (χ1v) is 7.02. The fourth-order valence-electron chi connectivity index (χ4n) is 2.12. The molecule has 112 valence electrons. The van der Waals surface area contributed by atoms with E-state index >= 15 is 0 Å². The summed E-state index contributed by atoms with van der Waals surface area (Å²) in [7, 11) is 0. The van der Waals surface area contributed by atoms with Gasteiger partial charge in [0.25, 0.3) is 0 Å². The summed E-state index contributed by atoms with van der Waals surface area (Å²) < 4.78 is 19.9. The molecular weight excluding hydrogens is 269 g/mol. The number of halogens is 1. The lowest BCUT2D eigenvalue weighted by atomic mass is 10.00. The lowest BCUT2D eigenvalue weighted by molar-refractivity contribution is 0.166. The van der Waals surface area contributed by atoms with Crippen molar-refractivity contribution in [2.24, 2.45) is 5.73 Å². The molecule has 21 heavy (non-hydrogen) atoms. The van der Waals surface area contributed by atoms with Crippen LogP contribution in [0, 0.1) is 5.82 Å². The van der Waals surface area contributed by atoms with Gasteiger partial charge >= 0.3 is 0 Å². The van der Waals surface area contributed by atoms with Crippen molar-refractivity contribution in [1.82, 2.24) is 0 Å². The number of ether oxygens (including phenoxy) is 1. The van der Waals surface area contributed by atoms with Gasteiger partial charge in [0.15, 0.2) is 0 Å². The Hall–Kier alpha value is -1.91. The van der Waals surface area contributed by atoms with E-state index in [4.69, 9.17) is 15.6 Å². The Bertz CT molecular complexity index is 571. The van der Waals surface area contributed by atoms with E-state index < -0.39 is 6.10 Å². The summed E-state index contributed by atoms with van der Waals surface area (Å²) in [5.41, 5.74) is 7.34. The van der Waals surface area contributed by atoms with E-state index in [1.807, 2.05) is 6.92 Å². The molecule has 3 N–H and O–H groups in total. The second kappa shape index (κ2) is 7.20. The molecular formula is C17H20FNO2. The molecule has 2 unspecified atom stereocenters. The molecule has 0 aliphatic heterocycles. The van der Waals surface area contributed by atoms with Gasteiger partial charge in [-0.15, -0.1) is 0 Å². The van der Waals surface area contributed by atoms with Gasteiger partial charge in [0.1, 0.15) is 17.7 Å². The third-order valence-corrected chi connectivity index (χ3v) is 3.44. The number of hydrogen-bond acceptors (Lipinski definition) is 3. The Morgan fingerprint density at radius 2 is 1.81 bits per heavy atom. The van der Waals surface area contributed by atoms with Crippen LogP contribution in [0.25, 0.3) is 0 Å². The van der Waals surface area contributed by atoms with Gasteiger partial charge in [0.2, 0.25) is 0 Å². The fraction of sp³-hybridized carbons (Fsp3) is 0.294. The zero-order valence-corrected chi connectivity index (χ0v) is 12.0. The van der Waals surface area contributed by atoms with Crippen molar-refractivity contribution in [3.63, 3.8) is 0 Å². The molecule has 0 aromatic heterocycles. The van der Waals surface area contributed by atoms with Crippen molar-refractivity contribution >= 4 is 0 Å². The molecule has 0 aliphatic rings. The smallest absolute Gasteiger partial charge is 0.142 e. The van der Waals surface area contributed by atoms with Gasteiger partial charge in [-0.3, -0.25) is 0 Å². The van der Waals surface area contributed by atoms with E-state index in [0.717, 1.165) is 5.56 Å². The maximum Gasteiger partial charge on any atom is 0.142 e. The van der Waals surface area contributed by atoms with Gasteiger partial charge < -0.3 is 15.6 Å². The van der Waals surface area contributed by atoms with Crippen molar-refractivity contribution < 1.29 is 14.2 Å². The normalized spacial score (nSPS) is 13.7. The molecule has 0 fully saturated rings. The molecule has 0 aliphatic carbocycles. The van der Waals surface area contributed by atoms with Crippen LogP contribution < -0.4 is 10.5 Å². The van der Waals surface area contributed by atoms with E-state index in [9.17, 15) is 4.39 Å². The van der Waals surface area contributed by atoms with E-state index in [0.29, 0.717) is 17.7 Å². The highest BCUT2D eigenvalue weighted by Gasteiger charge is 2.23. The van der Waals surface area contributed by atoms with Crippen LogP contribution in [-0.4, -0.2) is 11.1 Å². The summed E-state index contributed by atoms with van der Waals surface area (Å²) in [6.45, 7) is 1.92. The van der Waals surface area contributed by atoms with Crippen molar-refractivity contribution in [2.45, 2.75) is 32.1 Å². The van der Waals surface area contributed by atoms with Crippen LogP contribution >= 0.6 is 0 Å². The highest BCUT2D eigenvalue weighted by Crippen LogP contribution is 2.27.